The van der Waals surface area contributed by atoms with Crippen molar-refractivity contribution in [3.8, 4) is 22.9 Å². The Bertz CT molecular complexity index is 1670. The zero-order chi connectivity index (χ0) is 28.4. The summed E-state index contributed by atoms with van der Waals surface area (Å²) in [5, 5.41) is 17.5. The lowest BCUT2D eigenvalue weighted by molar-refractivity contribution is 0.107. The summed E-state index contributed by atoms with van der Waals surface area (Å²) in [7, 11) is 0. The van der Waals surface area contributed by atoms with E-state index < -0.39 is 6.17 Å². The van der Waals surface area contributed by atoms with Gasteiger partial charge < -0.3 is 20.1 Å². The largest absolute Gasteiger partial charge is 0.508 e. The number of nitrogens with one attached hydrogen (secondary N) is 1. The molecule has 8 rings (SSSR count). The number of fused-ring (bicyclic) bond motifs is 5. The molecule has 8 heteroatoms. The molecule has 1 aromatic heterocycles. The number of hydrogen-bond acceptors (Lipinski definition) is 7. The number of rotatable bonds is 6. The number of piperazine rings is 1. The highest BCUT2D eigenvalue weighted by atomic mass is 19.1. The van der Waals surface area contributed by atoms with E-state index in [0.717, 1.165) is 77.5 Å². The third-order valence-electron chi connectivity index (χ3n) is 10.1. The van der Waals surface area contributed by atoms with Gasteiger partial charge in [0.05, 0.1) is 11.1 Å². The van der Waals surface area contributed by atoms with Gasteiger partial charge in [0.15, 0.2) is 0 Å². The molecule has 0 amide bonds. The van der Waals surface area contributed by atoms with Crippen LogP contribution in [0.1, 0.15) is 44.6 Å². The zero-order valence-electron chi connectivity index (χ0n) is 24.2. The Labute approximate surface area is 245 Å². The SMILES string of the molecule is CCc1cccc2cc(O)cc(-c3ccc4c(N5C[C@H]6CC[C@@H](C5)N6)nc(OC[C@@]56CCCN5C[C@H](F)C6)nc4c3)c12. The molecular weight excluding hydrogens is 529 g/mol. The molecule has 0 aliphatic carbocycles. The number of alkyl halides is 1. The molecule has 4 fully saturated rings. The molecular formula is C34H38FN5O2. The summed E-state index contributed by atoms with van der Waals surface area (Å²) in [6, 6.07) is 17.6. The molecule has 4 atom stereocenters. The van der Waals surface area contributed by atoms with Gasteiger partial charge in [-0.05, 0) is 90.4 Å². The fourth-order valence-corrected chi connectivity index (χ4v) is 8.19. The van der Waals surface area contributed by atoms with Gasteiger partial charge in [-0.15, -0.1) is 0 Å². The molecule has 7 nitrogen and oxygen atoms in total. The summed E-state index contributed by atoms with van der Waals surface area (Å²) >= 11 is 0. The van der Waals surface area contributed by atoms with Crippen molar-refractivity contribution in [1.29, 1.82) is 0 Å². The van der Waals surface area contributed by atoms with Gasteiger partial charge in [0.2, 0.25) is 0 Å². The molecule has 0 saturated carbocycles. The monoisotopic (exact) mass is 567 g/mol. The first-order valence-corrected chi connectivity index (χ1v) is 15.6. The van der Waals surface area contributed by atoms with Crippen molar-refractivity contribution < 1.29 is 14.2 Å². The Balaban J connectivity index is 1.23. The lowest BCUT2D eigenvalue weighted by Crippen LogP contribution is -2.51. The second-order valence-electron chi connectivity index (χ2n) is 12.8. The summed E-state index contributed by atoms with van der Waals surface area (Å²) in [6.07, 6.45) is 5.01. The highest BCUT2D eigenvalue weighted by Gasteiger charge is 2.49. The molecule has 42 heavy (non-hydrogen) atoms. The van der Waals surface area contributed by atoms with Crippen LogP contribution in [-0.2, 0) is 6.42 Å². The van der Waals surface area contributed by atoms with Crippen LogP contribution in [0.25, 0.3) is 32.8 Å². The van der Waals surface area contributed by atoms with Crippen LogP contribution in [-0.4, -0.2) is 76.6 Å². The molecule has 0 radical (unpaired) electrons. The predicted molar refractivity (Wildman–Crippen MR) is 164 cm³/mol. The van der Waals surface area contributed by atoms with E-state index in [9.17, 15) is 9.50 Å². The summed E-state index contributed by atoms with van der Waals surface area (Å²) in [5.41, 5.74) is 3.80. The van der Waals surface area contributed by atoms with Gasteiger partial charge in [-0.2, -0.15) is 9.97 Å². The Morgan fingerprint density at radius 1 is 1.07 bits per heavy atom. The van der Waals surface area contributed by atoms with Crippen molar-refractivity contribution in [2.45, 2.75) is 69.2 Å². The van der Waals surface area contributed by atoms with Crippen LogP contribution < -0.4 is 15.0 Å². The standard InChI is InChI=1S/C34H38FN5O2/c1-2-21-5-3-6-23-13-27(41)15-29(31(21)23)22-7-10-28-30(14-22)37-33(38-32(28)39-18-25-8-9-26(19-39)36-25)42-20-34-11-4-12-40(34)17-24(35)16-34/h3,5-7,10,13-15,24-26,36,41H,2,4,8-9,11-12,16-20H2,1H3/t24-,25-,26+,34+/m1/s1. The maximum atomic E-state index is 14.5. The number of ether oxygens (including phenoxy) is 1. The van der Waals surface area contributed by atoms with E-state index in [1.165, 1.54) is 18.4 Å². The lowest BCUT2D eigenvalue weighted by Gasteiger charge is -2.34. The van der Waals surface area contributed by atoms with E-state index in [4.69, 9.17) is 14.7 Å². The number of phenols is 1. The van der Waals surface area contributed by atoms with Crippen LogP contribution in [0.15, 0.2) is 48.5 Å². The van der Waals surface area contributed by atoms with E-state index in [1.54, 1.807) is 0 Å². The molecule has 5 heterocycles. The van der Waals surface area contributed by atoms with E-state index in [-0.39, 0.29) is 11.3 Å². The van der Waals surface area contributed by atoms with Gasteiger partial charge in [-0.3, -0.25) is 4.90 Å². The van der Waals surface area contributed by atoms with Crippen molar-refractivity contribution >= 4 is 27.5 Å². The second kappa shape index (κ2) is 10.1. The van der Waals surface area contributed by atoms with Crippen molar-refractivity contribution in [3.63, 3.8) is 0 Å². The number of anilines is 1. The van der Waals surface area contributed by atoms with E-state index in [1.807, 2.05) is 12.1 Å². The Morgan fingerprint density at radius 3 is 2.76 bits per heavy atom. The van der Waals surface area contributed by atoms with Crippen molar-refractivity contribution in [2.24, 2.45) is 0 Å². The third kappa shape index (κ3) is 4.38. The van der Waals surface area contributed by atoms with Crippen LogP contribution in [0.2, 0.25) is 0 Å². The number of nitrogens with zero attached hydrogens (tertiary/aromatic N) is 4. The molecule has 218 valence electrons. The minimum absolute atomic E-state index is 0.248. The molecule has 4 aliphatic heterocycles. The summed E-state index contributed by atoms with van der Waals surface area (Å²) in [4.78, 5) is 14.6. The van der Waals surface area contributed by atoms with Crippen molar-refractivity contribution in [2.75, 3.05) is 37.7 Å². The van der Waals surface area contributed by atoms with Gasteiger partial charge in [0, 0.05) is 43.5 Å². The molecule has 0 spiro atoms. The predicted octanol–water partition coefficient (Wildman–Crippen LogP) is 5.61. The average molecular weight is 568 g/mol. The quantitative estimate of drug-likeness (QED) is 0.314. The number of aromatic nitrogens is 2. The Hall–Kier alpha value is -3.49. The van der Waals surface area contributed by atoms with Gasteiger partial charge >= 0.3 is 6.01 Å². The minimum atomic E-state index is -0.800. The van der Waals surface area contributed by atoms with Crippen LogP contribution in [0.5, 0.6) is 11.8 Å². The first-order valence-electron chi connectivity index (χ1n) is 15.6. The number of aromatic hydroxyl groups is 1. The van der Waals surface area contributed by atoms with Crippen LogP contribution >= 0.6 is 0 Å². The van der Waals surface area contributed by atoms with Gasteiger partial charge in [-0.1, -0.05) is 31.2 Å². The Kier molecular flexibility index (Phi) is 6.26. The van der Waals surface area contributed by atoms with Crippen molar-refractivity contribution in [3.05, 3.63) is 54.1 Å². The van der Waals surface area contributed by atoms with Crippen molar-refractivity contribution in [1.82, 2.24) is 20.2 Å². The van der Waals surface area contributed by atoms with E-state index in [0.29, 0.717) is 37.7 Å². The molecule has 4 aliphatic rings. The molecule has 2 bridgehead atoms. The number of hydrogen-bond donors (Lipinski definition) is 2. The maximum Gasteiger partial charge on any atom is 0.319 e. The molecule has 0 unspecified atom stereocenters. The van der Waals surface area contributed by atoms with E-state index in [2.05, 4.69) is 58.4 Å². The van der Waals surface area contributed by atoms with Gasteiger partial charge in [-0.25, -0.2) is 4.39 Å². The topological polar surface area (TPSA) is 73.8 Å². The molecule has 3 aromatic carbocycles. The normalized spacial score (nSPS) is 27.3. The number of aryl methyl sites for hydroxylation is 1. The summed E-state index contributed by atoms with van der Waals surface area (Å²) in [5.74, 6) is 1.16. The number of phenolic OH excluding ortho intramolecular Hbond substituents is 1. The third-order valence-corrected chi connectivity index (χ3v) is 10.1. The summed E-state index contributed by atoms with van der Waals surface area (Å²) in [6.45, 7) is 5.80. The zero-order valence-corrected chi connectivity index (χ0v) is 24.2. The highest BCUT2D eigenvalue weighted by Crippen LogP contribution is 2.41. The van der Waals surface area contributed by atoms with Crippen LogP contribution in [0.3, 0.4) is 0 Å². The van der Waals surface area contributed by atoms with Gasteiger partial charge in [0.1, 0.15) is 24.3 Å². The fraction of sp³-hybridized carbons (Fsp3) is 0.471. The smallest absolute Gasteiger partial charge is 0.319 e. The Morgan fingerprint density at radius 2 is 1.93 bits per heavy atom. The molecule has 4 aromatic rings. The number of benzene rings is 3. The summed E-state index contributed by atoms with van der Waals surface area (Å²) < 4.78 is 20.9. The highest BCUT2D eigenvalue weighted by molar-refractivity contribution is 6.02. The van der Waals surface area contributed by atoms with E-state index >= 15 is 0 Å². The fourth-order valence-electron chi connectivity index (χ4n) is 8.19. The molecule has 4 saturated heterocycles. The first kappa shape index (κ1) is 26.2. The maximum absolute atomic E-state index is 14.5. The molecule has 2 N–H and O–H groups in total. The average Bonchev–Trinajstić information content (AvgIpc) is 3.64. The first-order chi connectivity index (χ1) is 20.5. The minimum Gasteiger partial charge on any atom is -0.508 e. The second-order valence-corrected chi connectivity index (χ2v) is 12.8. The lowest BCUT2D eigenvalue weighted by atomic mass is 9.93. The van der Waals surface area contributed by atoms with Crippen LogP contribution in [0, 0.1) is 0 Å². The number of halogens is 1. The van der Waals surface area contributed by atoms with Gasteiger partial charge in [0.25, 0.3) is 0 Å². The van der Waals surface area contributed by atoms with Crippen LogP contribution in [0.4, 0.5) is 10.2 Å².